The molecule has 0 saturated heterocycles. The van der Waals surface area contributed by atoms with E-state index in [0.29, 0.717) is 5.69 Å². The molecule has 104 valence electrons. The molecule has 3 nitrogen and oxygen atoms in total. The van der Waals surface area contributed by atoms with Crippen molar-refractivity contribution in [1.29, 1.82) is 0 Å². The highest BCUT2D eigenvalue weighted by Gasteiger charge is 2.35. The van der Waals surface area contributed by atoms with Crippen molar-refractivity contribution in [2.45, 2.75) is 12.5 Å². The van der Waals surface area contributed by atoms with E-state index in [1.165, 1.54) is 49.4 Å². The fraction of sp³-hybridized carbons (Fsp3) is 0.133. The van der Waals surface area contributed by atoms with Crippen LogP contribution in [0.5, 0.6) is 0 Å². The van der Waals surface area contributed by atoms with Gasteiger partial charge < -0.3 is 10.4 Å². The van der Waals surface area contributed by atoms with Gasteiger partial charge in [-0.05, 0) is 48.9 Å². The average Bonchev–Trinajstić information content (AvgIpc) is 2.41. The van der Waals surface area contributed by atoms with Crippen molar-refractivity contribution in [2.24, 2.45) is 0 Å². The first kappa shape index (κ1) is 14.0. The van der Waals surface area contributed by atoms with Crippen molar-refractivity contribution in [3.63, 3.8) is 0 Å². The summed E-state index contributed by atoms with van der Waals surface area (Å²) in [7, 11) is 0. The lowest BCUT2D eigenvalue weighted by Gasteiger charge is -2.28. The van der Waals surface area contributed by atoms with E-state index in [2.05, 4.69) is 5.32 Å². The molecule has 0 aliphatic rings. The van der Waals surface area contributed by atoms with E-state index in [1.54, 1.807) is 0 Å². The first-order valence-electron chi connectivity index (χ1n) is 5.95. The molecule has 1 unspecified atom stereocenters. The molecule has 2 rings (SSSR count). The fourth-order valence-corrected chi connectivity index (χ4v) is 1.87. The van der Waals surface area contributed by atoms with Crippen molar-refractivity contribution in [1.82, 2.24) is 0 Å². The van der Waals surface area contributed by atoms with E-state index in [-0.39, 0.29) is 5.56 Å². The lowest BCUT2D eigenvalue weighted by molar-refractivity contribution is -0.142. The second kappa shape index (κ2) is 5.28. The maximum absolute atomic E-state index is 13.3. The predicted octanol–water partition coefficient (Wildman–Crippen LogP) is 3.38. The Bertz CT molecular complexity index is 628. The fourth-order valence-electron chi connectivity index (χ4n) is 1.87. The molecule has 20 heavy (non-hydrogen) atoms. The van der Waals surface area contributed by atoms with Crippen LogP contribution in [-0.4, -0.2) is 11.1 Å². The van der Waals surface area contributed by atoms with Crippen molar-refractivity contribution < 1.29 is 18.7 Å². The van der Waals surface area contributed by atoms with Gasteiger partial charge in [-0.25, -0.2) is 13.6 Å². The highest BCUT2D eigenvalue weighted by Crippen LogP contribution is 2.27. The van der Waals surface area contributed by atoms with Gasteiger partial charge in [0.05, 0.1) is 0 Å². The second-order valence-corrected chi connectivity index (χ2v) is 4.57. The van der Waals surface area contributed by atoms with Gasteiger partial charge in [-0.3, -0.25) is 0 Å². The number of rotatable bonds is 4. The molecular formula is C15H13F2NO2. The quantitative estimate of drug-likeness (QED) is 0.900. The molecule has 0 radical (unpaired) electrons. The molecule has 0 aromatic heterocycles. The molecule has 5 heteroatoms. The van der Waals surface area contributed by atoms with E-state index in [4.69, 9.17) is 0 Å². The molecule has 2 aromatic rings. The Morgan fingerprint density at radius 2 is 1.75 bits per heavy atom. The van der Waals surface area contributed by atoms with Crippen LogP contribution in [0.15, 0.2) is 48.5 Å². The first-order valence-corrected chi connectivity index (χ1v) is 5.95. The Hall–Kier alpha value is -2.43. The van der Waals surface area contributed by atoms with E-state index in [0.717, 1.165) is 6.07 Å². The normalized spacial score (nSPS) is 13.6. The van der Waals surface area contributed by atoms with E-state index >= 15 is 0 Å². The first-order chi connectivity index (χ1) is 9.41. The minimum Gasteiger partial charge on any atom is -0.479 e. The van der Waals surface area contributed by atoms with Gasteiger partial charge in [-0.2, -0.15) is 0 Å². The van der Waals surface area contributed by atoms with Crippen molar-refractivity contribution in [2.75, 3.05) is 5.32 Å². The number of hydrogen-bond donors (Lipinski definition) is 2. The minimum absolute atomic E-state index is 0.273. The number of hydrogen-bond acceptors (Lipinski definition) is 2. The van der Waals surface area contributed by atoms with Crippen LogP contribution in [0.25, 0.3) is 0 Å². The van der Waals surface area contributed by atoms with Gasteiger partial charge in [0.25, 0.3) is 0 Å². The predicted molar refractivity (Wildman–Crippen MR) is 71.4 cm³/mol. The summed E-state index contributed by atoms with van der Waals surface area (Å²) in [6, 6.07) is 10.7. The highest BCUT2D eigenvalue weighted by atomic mass is 19.1. The molecule has 0 bridgehead atoms. The van der Waals surface area contributed by atoms with Crippen LogP contribution < -0.4 is 5.32 Å². The van der Waals surface area contributed by atoms with Gasteiger partial charge in [0.15, 0.2) is 5.54 Å². The zero-order chi connectivity index (χ0) is 14.8. The number of halogens is 2. The molecule has 1 atom stereocenters. The molecule has 0 heterocycles. The van der Waals surface area contributed by atoms with Gasteiger partial charge in [-0.15, -0.1) is 0 Å². The maximum atomic E-state index is 13.3. The molecule has 0 aliphatic heterocycles. The number of carbonyl (C=O) groups is 1. The Kier molecular flexibility index (Phi) is 3.70. The third-order valence-electron chi connectivity index (χ3n) is 3.07. The number of nitrogens with one attached hydrogen (secondary N) is 1. The lowest BCUT2D eigenvalue weighted by atomic mass is 9.91. The van der Waals surface area contributed by atoms with Gasteiger partial charge in [0.2, 0.25) is 0 Å². The third-order valence-corrected chi connectivity index (χ3v) is 3.07. The van der Waals surface area contributed by atoms with E-state index in [1.807, 2.05) is 0 Å². The summed E-state index contributed by atoms with van der Waals surface area (Å²) in [4.78, 5) is 11.5. The number of benzene rings is 2. The number of carboxylic acids is 1. The summed E-state index contributed by atoms with van der Waals surface area (Å²) in [5.41, 5.74) is -0.810. The average molecular weight is 277 g/mol. The summed E-state index contributed by atoms with van der Waals surface area (Å²) in [5, 5.41) is 12.2. The molecule has 2 aromatic carbocycles. The lowest BCUT2D eigenvalue weighted by Crippen LogP contribution is -2.40. The number of aliphatic carboxylic acids is 1. The van der Waals surface area contributed by atoms with Crippen molar-refractivity contribution in [3.05, 3.63) is 65.7 Å². The molecule has 0 amide bonds. The summed E-state index contributed by atoms with van der Waals surface area (Å²) < 4.78 is 26.1. The summed E-state index contributed by atoms with van der Waals surface area (Å²) in [5.74, 6) is -2.10. The molecule has 0 spiro atoms. The van der Waals surface area contributed by atoms with Crippen LogP contribution in [0, 0.1) is 11.6 Å². The zero-order valence-corrected chi connectivity index (χ0v) is 10.7. The Balaban J connectivity index is 2.39. The Morgan fingerprint density at radius 3 is 2.30 bits per heavy atom. The van der Waals surface area contributed by atoms with Crippen LogP contribution in [0.1, 0.15) is 12.5 Å². The number of anilines is 1. The summed E-state index contributed by atoms with van der Waals surface area (Å²) in [6.07, 6.45) is 0. The Morgan fingerprint density at radius 1 is 1.10 bits per heavy atom. The Labute approximate surface area is 114 Å². The van der Waals surface area contributed by atoms with Gasteiger partial charge in [0, 0.05) is 5.69 Å². The monoisotopic (exact) mass is 277 g/mol. The molecule has 0 aliphatic carbocycles. The van der Waals surface area contributed by atoms with Crippen LogP contribution in [0.3, 0.4) is 0 Å². The van der Waals surface area contributed by atoms with Crippen LogP contribution in [0.2, 0.25) is 0 Å². The van der Waals surface area contributed by atoms with Gasteiger partial charge in [-0.1, -0.05) is 12.1 Å². The van der Waals surface area contributed by atoms with Crippen LogP contribution in [0.4, 0.5) is 14.5 Å². The van der Waals surface area contributed by atoms with E-state index in [9.17, 15) is 18.7 Å². The molecule has 0 saturated carbocycles. The maximum Gasteiger partial charge on any atom is 0.333 e. The SMILES string of the molecule is CC(Nc1ccc(F)cc1)(C(=O)O)c1cccc(F)c1. The van der Waals surface area contributed by atoms with Gasteiger partial charge >= 0.3 is 5.97 Å². The second-order valence-electron chi connectivity index (χ2n) is 4.57. The third kappa shape index (κ3) is 2.77. The molecular weight excluding hydrogens is 264 g/mol. The van der Waals surface area contributed by atoms with E-state index < -0.39 is 23.1 Å². The van der Waals surface area contributed by atoms with Crippen molar-refractivity contribution in [3.8, 4) is 0 Å². The summed E-state index contributed by atoms with van der Waals surface area (Å²) >= 11 is 0. The highest BCUT2D eigenvalue weighted by molar-refractivity contribution is 5.84. The smallest absolute Gasteiger partial charge is 0.333 e. The molecule has 2 N–H and O–H groups in total. The summed E-state index contributed by atoms with van der Waals surface area (Å²) in [6.45, 7) is 1.42. The zero-order valence-electron chi connectivity index (χ0n) is 10.7. The molecule has 0 fully saturated rings. The standard InChI is InChI=1S/C15H13F2NO2/c1-15(14(19)20,10-3-2-4-12(17)9-10)18-13-7-5-11(16)6-8-13/h2-9,18H,1H3,(H,19,20). The topological polar surface area (TPSA) is 49.3 Å². The largest absolute Gasteiger partial charge is 0.479 e. The minimum atomic E-state index is -1.51. The van der Waals surface area contributed by atoms with Gasteiger partial charge in [0.1, 0.15) is 11.6 Å². The number of carboxylic acid groups (broad SMARTS) is 1. The van der Waals surface area contributed by atoms with Crippen molar-refractivity contribution >= 4 is 11.7 Å². The van der Waals surface area contributed by atoms with Crippen LogP contribution >= 0.6 is 0 Å². The van der Waals surface area contributed by atoms with Crippen LogP contribution in [-0.2, 0) is 10.3 Å².